The molecule has 0 bridgehead atoms. The van der Waals surface area contributed by atoms with Crippen LogP contribution in [0.25, 0.3) is 10.9 Å². The maximum atomic E-state index is 11.2. The number of aromatic nitrogens is 1. The first-order chi connectivity index (χ1) is 7.99. The zero-order valence-electron chi connectivity index (χ0n) is 8.88. The van der Waals surface area contributed by atoms with E-state index in [1.165, 1.54) is 10.8 Å². The van der Waals surface area contributed by atoms with Crippen LogP contribution in [0.5, 0.6) is 0 Å². The maximum Gasteiger partial charge on any atom is 0.323 e. The fourth-order valence-corrected chi connectivity index (χ4v) is 1.77. The van der Waals surface area contributed by atoms with E-state index in [-0.39, 0.29) is 6.42 Å². The van der Waals surface area contributed by atoms with Crippen molar-refractivity contribution in [3.8, 4) is 0 Å². The lowest BCUT2D eigenvalue weighted by Crippen LogP contribution is -2.18. The van der Waals surface area contributed by atoms with E-state index in [0.717, 1.165) is 0 Å². The molecule has 2 aromatic rings. The van der Waals surface area contributed by atoms with Crippen molar-refractivity contribution in [3.05, 3.63) is 30.0 Å². The number of carbonyl (C=O) groups is 2. The van der Waals surface area contributed by atoms with Crippen molar-refractivity contribution in [1.82, 2.24) is 4.57 Å². The quantitative estimate of drug-likeness (QED) is 0.711. The van der Waals surface area contributed by atoms with Crippen LogP contribution in [-0.4, -0.2) is 21.7 Å². The van der Waals surface area contributed by atoms with Crippen LogP contribution in [0.15, 0.2) is 24.4 Å². The van der Waals surface area contributed by atoms with Gasteiger partial charge in [-0.1, -0.05) is 12.1 Å². The highest BCUT2D eigenvalue weighted by Crippen LogP contribution is 2.24. The highest BCUT2D eigenvalue weighted by Gasteiger charge is 2.11. The van der Waals surface area contributed by atoms with E-state index in [9.17, 15) is 9.59 Å². The molecule has 0 aliphatic heterocycles. The van der Waals surface area contributed by atoms with Crippen molar-refractivity contribution in [3.63, 3.8) is 0 Å². The number of amides is 1. The molecular formula is C11H11N3O3. The Morgan fingerprint density at radius 2 is 2.06 bits per heavy atom. The van der Waals surface area contributed by atoms with Crippen molar-refractivity contribution < 1.29 is 14.7 Å². The lowest BCUT2D eigenvalue weighted by molar-refractivity contribution is -0.136. The number of hydrogen-bond donors (Lipinski definition) is 3. The number of primary amides is 1. The molecule has 0 radical (unpaired) electrons. The molecule has 1 heterocycles. The average Bonchev–Trinajstić information content (AvgIpc) is 2.55. The Kier molecular flexibility index (Phi) is 2.47. The molecule has 0 aliphatic carbocycles. The van der Waals surface area contributed by atoms with Crippen molar-refractivity contribution in [2.75, 3.05) is 5.73 Å². The molecule has 0 unspecified atom stereocenters. The van der Waals surface area contributed by atoms with Crippen molar-refractivity contribution in [2.24, 2.45) is 5.73 Å². The summed E-state index contributed by atoms with van der Waals surface area (Å²) in [5, 5.41) is 9.38. The molecule has 2 rings (SSSR count). The number of aliphatic carboxylic acids is 1. The Morgan fingerprint density at radius 1 is 1.35 bits per heavy atom. The second-order valence-electron chi connectivity index (χ2n) is 3.71. The number of carbonyl (C=O) groups excluding carboxylic acids is 1. The molecule has 0 spiro atoms. The number of nitrogens with zero attached hydrogens (tertiary/aromatic N) is 1. The van der Waals surface area contributed by atoms with Crippen LogP contribution in [-0.2, 0) is 11.2 Å². The summed E-state index contributed by atoms with van der Waals surface area (Å²) in [6.45, 7) is 0. The van der Waals surface area contributed by atoms with Gasteiger partial charge in [-0.15, -0.1) is 0 Å². The van der Waals surface area contributed by atoms with Crippen molar-refractivity contribution in [2.45, 2.75) is 6.42 Å². The highest BCUT2D eigenvalue weighted by molar-refractivity contribution is 5.98. The lowest BCUT2D eigenvalue weighted by Gasteiger charge is -2.01. The summed E-state index contributed by atoms with van der Waals surface area (Å²) in [5.74, 6) is -0.936. The van der Waals surface area contributed by atoms with E-state index in [1.54, 1.807) is 18.2 Å². The zero-order chi connectivity index (χ0) is 12.6. The van der Waals surface area contributed by atoms with E-state index < -0.39 is 12.0 Å². The molecule has 0 atom stereocenters. The van der Waals surface area contributed by atoms with Gasteiger partial charge in [0.25, 0.3) is 0 Å². The summed E-state index contributed by atoms with van der Waals surface area (Å²) in [6.07, 6.45) is 1.32. The van der Waals surface area contributed by atoms with Gasteiger partial charge in [0.1, 0.15) is 0 Å². The molecule has 0 fully saturated rings. The lowest BCUT2D eigenvalue weighted by atomic mass is 10.1. The van der Waals surface area contributed by atoms with Crippen LogP contribution in [0.4, 0.5) is 10.5 Å². The van der Waals surface area contributed by atoms with E-state index >= 15 is 0 Å². The Balaban J connectivity index is 2.62. The van der Waals surface area contributed by atoms with E-state index in [4.69, 9.17) is 16.6 Å². The minimum atomic E-state index is -0.936. The molecule has 0 saturated carbocycles. The fourth-order valence-electron chi connectivity index (χ4n) is 1.77. The molecule has 6 heteroatoms. The first-order valence-electron chi connectivity index (χ1n) is 4.90. The second-order valence-corrected chi connectivity index (χ2v) is 3.71. The van der Waals surface area contributed by atoms with Crippen LogP contribution >= 0.6 is 0 Å². The standard InChI is InChI=1S/C11H11N3O3/c12-8-5-14(11(13)17)9-3-6(4-10(15)16)1-2-7(8)9/h1-3,5H,4,12H2,(H2,13,17)(H,15,16). The van der Waals surface area contributed by atoms with Gasteiger partial charge in [-0.05, 0) is 11.6 Å². The first kappa shape index (κ1) is 11.0. The molecule has 1 amide bonds. The van der Waals surface area contributed by atoms with Gasteiger partial charge in [0.2, 0.25) is 0 Å². The Morgan fingerprint density at radius 3 is 2.65 bits per heavy atom. The predicted molar refractivity (Wildman–Crippen MR) is 62.7 cm³/mol. The number of fused-ring (bicyclic) bond motifs is 1. The molecule has 88 valence electrons. The smallest absolute Gasteiger partial charge is 0.323 e. The molecule has 1 aromatic carbocycles. The van der Waals surface area contributed by atoms with Gasteiger partial charge >= 0.3 is 12.0 Å². The summed E-state index contributed by atoms with van der Waals surface area (Å²) < 4.78 is 1.20. The molecule has 5 N–H and O–H groups in total. The number of rotatable bonds is 2. The van der Waals surface area contributed by atoms with Crippen LogP contribution in [0.1, 0.15) is 5.56 Å². The fraction of sp³-hybridized carbons (Fsp3) is 0.0909. The minimum Gasteiger partial charge on any atom is -0.481 e. The zero-order valence-corrected chi connectivity index (χ0v) is 8.88. The molecular weight excluding hydrogens is 222 g/mol. The van der Waals surface area contributed by atoms with Crippen LogP contribution in [0, 0.1) is 0 Å². The number of benzene rings is 1. The van der Waals surface area contributed by atoms with E-state index in [0.29, 0.717) is 22.2 Å². The largest absolute Gasteiger partial charge is 0.481 e. The summed E-state index contributed by atoms with van der Waals surface area (Å²) in [4.78, 5) is 21.8. The summed E-state index contributed by atoms with van der Waals surface area (Å²) in [5.41, 5.74) is 12.5. The van der Waals surface area contributed by atoms with Gasteiger partial charge < -0.3 is 16.6 Å². The average molecular weight is 233 g/mol. The van der Waals surface area contributed by atoms with Gasteiger partial charge in [-0.3, -0.25) is 9.36 Å². The molecule has 0 aliphatic rings. The number of nitrogens with two attached hydrogens (primary N) is 2. The van der Waals surface area contributed by atoms with Gasteiger partial charge in [0.15, 0.2) is 0 Å². The monoisotopic (exact) mass is 233 g/mol. The summed E-state index contributed by atoms with van der Waals surface area (Å²) in [7, 11) is 0. The van der Waals surface area contributed by atoms with Gasteiger partial charge in [-0.25, -0.2) is 4.79 Å². The summed E-state index contributed by atoms with van der Waals surface area (Å²) in [6, 6.07) is 4.30. The Hall–Kier alpha value is -2.50. The molecule has 6 nitrogen and oxygen atoms in total. The minimum absolute atomic E-state index is 0.111. The third kappa shape index (κ3) is 1.92. The molecule has 17 heavy (non-hydrogen) atoms. The Labute approximate surface area is 96.4 Å². The first-order valence-corrected chi connectivity index (χ1v) is 4.90. The third-order valence-corrected chi connectivity index (χ3v) is 2.49. The third-order valence-electron chi connectivity index (χ3n) is 2.49. The van der Waals surface area contributed by atoms with Crippen LogP contribution in [0.3, 0.4) is 0 Å². The number of carboxylic acids is 1. The highest BCUT2D eigenvalue weighted by atomic mass is 16.4. The van der Waals surface area contributed by atoms with E-state index in [1.807, 2.05) is 0 Å². The van der Waals surface area contributed by atoms with Gasteiger partial charge in [-0.2, -0.15) is 0 Å². The SMILES string of the molecule is NC(=O)n1cc(N)c2ccc(CC(=O)O)cc21. The molecule has 0 saturated heterocycles. The maximum absolute atomic E-state index is 11.2. The van der Waals surface area contributed by atoms with Crippen molar-refractivity contribution in [1.29, 1.82) is 0 Å². The molecule has 1 aromatic heterocycles. The van der Waals surface area contributed by atoms with Gasteiger partial charge in [0, 0.05) is 11.6 Å². The van der Waals surface area contributed by atoms with Gasteiger partial charge in [0.05, 0.1) is 17.6 Å². The topological polar surface area (TPSA) is 111 Å². The van der Waals surface area contributed by atoms with Crippen molar-refractivity contribution >= 4 is 28.6 Å². The number of carboxylic acid groups (broad SMARTS) is 1. The van der Waals surface area contributed by atoms with Crippen LogP contribution < -0.4 is 11.5 Å². The predicted octanol–water partition coefficient (Wildman–Crippen LogP) is 0.777. The Bertz CT molecular complexity index is 616. The normalized spacial score (nSPS) is 10.6. The second kappa shape index (κ2) is 3.82. The van der Waals surface area contributed by atoms with E-state index in [2.05, 4.69) is 0 Å². The summed E-state index contributed by atoms with van der Waals surface area (Å²) >= 11 is 0. The number of anilines is 1. The number of hydrogen-bond acceptors (Lipinski definition) is 3. The van der Waals surface area contributed by atoms with Crippen LogP contribution in [0.2, 0.25) is 0 Å². The number of nitrogen functional groups attached to an aromatic ring is 1.